The Labute approximate surface area is 131 Å². The number of thioether (sulfide) groups is 1. The van der Waals surface area contributed by atoms with Gasteiger partial charge in [0.15, 0.2) is 0 Å². The van der Waals surface area contributed by atoms with Gasteiger partial charge >= 0.3 is 0 Å². The van der Waals surface area contributed by atoms with Crippen LogP contribution in [0.2, 0.25) is 0 Å². The Morgan fingerprint density at radius 1 is 1.33 bits per heavy atom. The molecule has 1 amide bonds. The molecule has 2 saturated heterocycles. The van der Waals surface area contributed by atoms with Crippen molar-refractivity contribution >= 4 is 17.7 Å². The molecular weight excluding hydrogens is 280 g/mol. The van der Waals surface area contributed by atoms with Gasteiger partial charge in [-0.05, 0) is 43.6 Å². The number of benzene rings is 1. The lowest BCUT2D eigenvalue weighted by Gasteiger charge is -2.31. The molecular formula is C17H24N2OS. The lowest BCUT2D eigenvalue weighted by atomic mass is 10.1. The standard InChI is InChI=1S/C17H24N2OS/c1-12-7-3-4-9-15(12)16-18-13(2)17(20)19(16)11-14-8-5-6-10-21-14/h3-4,7,9,13-14,16,18H,5-6,8,10-11H2,1-2H3. The smallest absolute Gasteiger partial charge is 0.241 e. The van der Waals surface area contributed by atoms with Gasteiger partial charge < -0.3 is 4.90 Å². The van der Waals surface area contributed by atoms with Gasteiger partial charge in [-0.1, -0.05) is 30.7 Å². The van der Waals surface area contributed by atoms with Crippen molar-refractivity contribution in [2.45, 2.75) is 50.6 Å². The summed E-state index contributed by atoms with van der Waals surface area (Å²) in [4.78, 5) is 14.6. The van der Waals surface area contributed by atoms with Crippen molar-refractivity contribution in [3.8, 4) is 0 Å². The molecule has 0 saturated carbocycles. The number of aryl methyl sites for hydroxylation is 1. The number of hydrogen-bond acceptors (Lipinski definition) is 3. The van der Waals surface area contributed by atoms with Crippen molar-refractivity contribution in [3.05, 3.63) is 35.4 Å². The minimum atomic E-state index is -0.0804. The molecule has 21 heavy (non-hydrogen) atoms. The third-order valence-electron chi connectivity index (χ3n) is 4.53. The molecule has 0 spiro atoms. The van der Waals surface area contributed by atoms with Crippen LogP contribution in [0.25, 0.3) is 0 Å². The largest absolute Gasteiger partial charge is 0.320 e. The van der Waals surface area contributed by atoms with E-state index in [1.165, 1.54) is 36.1 Å². The number of carbonyl (C=O) groups excluding carboxylic acids is 1. The Morgan fingerprint density at radius 2 is 2.14 bits per heavy atom. The molecule has 1 N–H and O–H groups in total. The molecule has 2 aliphatic heterocycles. The van der Waals surface area contributed by atoms with Gasteiger partial charge in [0.2, 0.25) is 5.91 Å². The van der Waals surface area contributed by atoms with Crippen LogP contribution >= 0.6 is 11.8 Å². The molecule has 2 heterocycles. The van der Waals surface area contributed by atoms with E-state index in [9.17, 15) is 4.79 Å². The van der Waals surface area contributed by atoms with E-state index in [0.717, 1.165) is 6.54 Å². The fraction of sp³-hybridized carbons (Fsp3) is 0.588. The number of nitrogens with zero attached hydrogens (tertiary/aromatic N) is 1. The molecule has 1 aromatic rings. The van der Waals surface area contributed by atoms with Gasteiger partial charge in [-0.25, -0.2) is 0 Å². The Kier molecular flexibility index (Phi) is 4.55. The Hall–Kier alpha value is -1.00. The third-order valence-corrected chi connectivity index (χ3v) is 5.91. The van der Waals surface area contributed by atoms with Gasteiger partial charge in [0, 0.05) is 11.8 Å². The van der Waals surface area contributed by atoms with E-state index in [0.29, 0.717) is 5.25 Å². The molecule has 3 nitrogen and oxygen atoms in total. The monoisotopic (exact) mass is 304 g/mol. The van der Waals surface area contributed by atoms with Crippen molar-refractivity contribution in [3.63, 3.8) is 0 Å². The van der Waals surface area contributed by atoms with Crippen molar-refractivity contribution in [1.29, 1.82) is 0 Å². The highest BCUT2D eigenvalue weighted by molar-refractivity contribution is 7.99. The van der Waals surface area contributed by atoms with Gasteiger partial charge in [-0.2, -0.15) is 11.8 Å². The number of hydrogen-bond donors (Lipinski definition) is 1. The summed E-state index contributed by atoms with van der Waals surface area (Å²) in [5.74, 6) is 1.49. The topological polar surface area (TPSA) is 32.3 Å². The van der Waals surface area contributed by atoms with Gasteiger partial charge in [0.1, 0.15) is 6.17 Å². The van der Waals surface area contributed by atoms with Crippen LogP contribution in [0.4, 0.5) is 0 Å². The second-order valence-corrected chi connectivity index (χ2v) is 7.53. The maximum absolute atomic E-state index is 12.5. The van der Waals surface area contributed by atoms with Crippen LogP contribution in [0.3, 0.4) is 0 Å². The molecule has 2 aliphatic rings. The molecule has 0 aromatic heterocycles. The molecule has 3 unspecified atom stereocenters. The number of nitrogens with one attached hydrogen (secondary N) is 1. The summed E-state index contributed by atoms with van der Waals surface area (Å²) >= 11 is 2.03. The Morgan fingerprint density at radius 3 is 2.86 bits per heavy atom. The summed E-state index contributed by atoms with van der Waals surface area (Å²) < 4.78 is 0. The molecule has 3 rings (SSSR count). The summed E-state index contributed by atoms with van der Waals surface area (Å²) in [6.45, 7) is 4.97. The molecule has 4 heteroatoms. The van der Waals surface area contributed by atoms with Crippen molar-refractivity contribution in [1.82, 2.24) is 10.2 Å². The lowest BCUT2D eigenvalue weighted by Crippen LogP contribution is -2.37. The van der Waals surface area contributed by atoms with Crippen LogP contribution in [0.5, 0.6) is 0 Å². The molecule has 0 bridgehead atoms. The highest BCUT2D eigenvalue weighted by Gasteiger charge is 2.38. The molecule has 0 aliphatic carbocycles. The first kappa shape index (κ1) is 14.9. The lowest BCUT2D eigenvalue weighted by molar-refractivity contribution is -0.129. The van der Waals surface area contributed by atoms with E-state index in [1.807, 2.05) is 18.7 Å². The quantitative estimate of drug-likeness (QED) is 0.931. The minimum Gasteiger partial charge on any atom is -0.320 e. The van der Waals surface area contributed by atoms with E-state index >= 15 is 0 Å². The van der Waals surface area contributed by atoms with Crippen LogP contribution in [0.1, 0.15) is 43.5 Å². The fourth-order valence-corrected chi connectivity index (χ4v) is 4.59. The molecule has 3 atom stereocenters. The van der Waals surface area contributed by atoms with Crippen LogP contribution in [-0.4, -0.2) is 34.4 Å². The van der Waals surface area contributed by atoms with E-state index in [-0.39, 0.29) is 18.1 Å². The van der Waals surface area contributed by atoms with E-state index in [1.54, 1.807) is 0 Å². The fourth-order valence-electron chi connectivity index (χ4n) is 3.29. The zero-order valence-corrected chi connectivity index (χ0v) is 13.7. The van der Waals surface area contributed by atoms with Crippen molar-refractivity contribution in [2.75, 3.05) is 12.3 Å². The summed E-state index contributed by atoms with van der Waals surface area (Å²) in [6, 6.07) is 8.30. The number of rotatable bonds is 3. The Bertz CT molecular complexity index is 513. The zero-order valence-electron chi connectivity index (χ0n) is 12.8. The molecule has 114 valence electrons. The predicted octanol–water partition coefficient (Wildman–Crippen LogP) is 3.10. The molecule has 2 fully saturated rings. The second-order valence-electron chi connectivity index (χ2n) is 6.13. The van der Waals surface area contributed by atoms with Gasteiger partial charge in [0.05, 0.1) is 6.04 Å². The number of amides is 1. The summed E-state index contributed by atoms with van der Waals surface area (Å²) in [7, 11) is 0. The van der Waals surface area contributed by atoms with Crippen LogP contribution in [-0.2, 0) is 4.79 Å². The maximum Gasteiger partial charge on any atom is 0.241 e. The van der Waals surface area contributed by atoms with Crippen LogP contribution in [0, 0.1) is 6.92 Å². The minimum absolute atomic E-state index is 0.0382. The highest BCUT2D eigenvalue weighted by Crippen LogP contribution is 2.32. The van der Waals surface area contributed by atoms with Gasteiger partial charge in [-0.3, -0.25) is 10.1 Å². The predicted molar refractivity (Wildman–Crippen MR) is 88.3 cm³/mol. The highest BCUT2D eigenvalue weighted by atomic mass is 32.2. The first-order valence-electron chi connectivity index (χ1n) is 7.90. The average molecular weight is 304 g/mol. The normalized spacial score (nSPS) is 29.9. The first-order chi connectivity index (χ1) is 10.2. The zero-order chi connectivity index (χ0) is 14.8. The third kappa shape index (κ3) is 3.11. The van der Waals surface area contributed by atoms with Gasteiger partial charge in [-0.15, -0.1) is 0 Å². The van der Waals surface area contributed by atoms with Crippen LogP contribution < -0.4 is 5.32 Å². The SMILES string of the molecule is Cc1ccccc1C1NC(C)C(=O)N1CC1CCCCS1. The maximum atomic E-state index is 12.5. The van der Waals surface area contributed by atoms with E-state index in [2.05, 4.69) is 41.4 Å². The first-order valence-corrected chi connectivity index (χ1v) is 8.95. The van der Waals surface area contributed by atoms with Crippen molar-refractivity contribution in [2.24, 2.45) is 0 Å². The number of carbonyl (C=O) groups is 1. The molecule has 0 radical (unpaired) electrons. The summed E-state index contributed by atoms with van der Waals surface area (Å²) in [5.41, 5.74) is 2.48. The molecule has 1 aromatic carbocycles. The Balaban J connectivity index is 1.81. The van der Waals surface area contributed by atoms with Gasteiger partial charge in [0.25, 0.3) is 0 Å². The second kappa shape index (κ2) is 6.41. The average Bonchev–Trinajstić information content (AvgIpc) is 2.77. The van der Waals surface area contributed by atoms with E-state index in [4.69, 9.17) is 0 Å². The van der Waals surface area contributed by atoms with Crippen LogP contribution in [0.15, 0.2) is 24.3 Å². The van der Waals surface area contributed by atoms with E-state index < -0.39 is 0 Å². The summed E-state index contributed by atoms with van der Waals surface area (Å²) in [6.07, 6.45) is 3.91. The summed E-state index contributed by atoms with van der Waals surface area (Å²) in [5, 5.41) is 4.07. The van der Waals surface area contributed by atoms with Crippen molar-refractivity contribution < 1.29 is 4.79 Å².